The molecule has 128 valence electrons. The smallest absolute Gasteiger partial charge is 0.274 e. The van der Waals surface area contributed by atoms with Crippen molar-refractivity contribution in [3.8, 4) is 0 Å². The molecule has 0 spiro atoms. The van der Waals surface area contributed by atoms with Crippen LogP contribution < -0.4 is 10.9 Å². The number of rotatable bonds is 6. The highest BCUT2D eigenvalue weighted by Gasteiger charge is 2.11. The average molecular weight is 336 g/mol. The van der Waals surface area contributed by atoms with Gasteiger partial charge < -0.3 is 5.32 Å². The first kappa shape index (κ1) is 16.8. The summed E-state index contributed by atoms with van der Waals surface area (Å²) in [5.74, 6) is -0.0154. The molecule has 0 radical (unpaired) electrons. The zero-order valence-electron chi connectivity index (χ0n) is 14.1. The molecule has 0 saturated carbocycles. The van der Waals surface area contributed by atoms with Crippen LogP contribution >= 0.6 is 0 Å². The van der Waals surface area contributed by atoms with Gasteiger partial charge in [0.1, 0.15) is 0 Å². The van der Waals surface area contributed by atoms with Gasteiger partial charge in [-0.2, -0.15) is 5.10 Å². The Morgan fingerprint density at radius 3 is 2.68 bits per heavy atom. The number of aromatic nitrogens is 3. The lowest BCUT2D eigenvalue weighted by Gasteiger charge is -2.12. The van der Waals surface area contributed by atoms with Gasteiger partial charge in [-0.3, -0.25) is 14.6 Å². The van der Waals surface area contributed by atoms with Gasteiger partial charge in [0.15, 0.2) is 0 Å². The number of nitrogens with zero attached hydrogens (tertiary/aromatic N) is 3. The molecule has 6 nitrogen and oxygen atoms in total. The number of nitrogens with one attached hydrogen (secondary N) is 1. The van der Waals surface area contributed by atoms with Crippen LogP contribution in [0.4, 0.5) is 0 Å². The molecule has 0 aliphatic rings. The molecule has 1 amide bonds. The number of carbonyl (C=O) groups excluding carboxylic acids is 1. The molecule has 6 heteroatoms. The number of hydrogen-bond donors (Lipinski definition) is 1. The first-order chi connectivity index (χ1) is 12.2. The predicted molar refractivity (Wildman–Crippen MR) is 96.1 cm³/mol. The van der Waals surface area contributed by atoms with Crippen molar-refractivity contribution < 1.29 is 4.79 Å². The Labute approximate surface area is 145 Å². The van der Waals surface area contributed by atoms with E-state index in [0.717, 1.165) is 17.4 Å². The Morgan fingerprint density at radius 1 is 1.16 bits per heavy atom. The molecular weight excluding hydrogens is 316 g/mol. The van der Waals surface area contributed by atoms with Crippen molar-refractivity contribution in [2.75, 3.05) is 0 Å². The summed E-state index contributed by atoms with van der Waals surface area (Å²) in [5.41, 5.74) is 1.43. The van der Waals surface area contributed by atoms with Gasteiger partial charge in [-0.1, -0.05) is 31.2 Å². The van der Waals surface area contributed by atoms with E-state index in [4.69, 9.17) is 0 Å². The molecule has 0 atom stereocenters. The minimum atomic E-state index is -0.150. The topological polar surface area (TPSA) is 76.9 Å². The van der Waals surface area contributed by atoms with E-state index < -0.39 is 0 Å². The summed E-state index contributed by atoms with van der Waals surface area (Å²) < 4.78 is 1.43. The second-order valence-corrected chi connectivity index (χ2v) is 5.84. The fourth-order valence-corrected chi connectivity index (χ4v) is 2.71. The molecule has 3 aromatic rings. The number of benzene rings is 1. The molecule has 2 aromatic heterocycles. The highest BCUT2D eigenvalue weighted by atomic mass is 16.1. The Balaban J connectivity index is 1.98. The zero-order chi connectivity index (χ0) is 17.6. The maximum absolute atomic E-state index is 12.7. The molecule has 1 N–H and O–H groups in total. The fraction of sp³-hybridized carbons (Fsp3) is 0.263. The highest BCUT2D eigenvalue weighted by Crippen LogP contribution is 2.13. The Morgan fingerprint density at radius 2 is 1.96 bits per heavy atom. The lowest BCUT2D eigenvalue weighted by atomic mass is 10.1. The van der Waals surface area contributed by atoms with Crippen molar-refractivity contribution >= 4 is 16.7 Å². The highest BCUT2D eigenvalue weighted by molar-refractivity contribution is 5.84. The summed E-state index contributed by atoms with van der Waals surface area (Å²) in [4.78, 5) is 28.6. The first-order valence-corrected chi connectivity index (χ1v) is 8.33. The quantitative estimate of drug-likeness (QED) is 0.749. The second-order valence-electron chi connectivity index (χ2n) is 5.84. The Bertz CT molecular complexity index is 935. The van der Waals surface area contributed by atoms with E-state index in [0.29, 0.717) is 30.6 Å². The van der Waals surface area contributed by atoms with Crippen LogP contribution in [0.2, 0.25) is 0 Å². The number of pyridine rings is 1. The Hall–Kier alpha value is -3.02. The summed E-state index contributed by atoms with van der Waals surface area (Å²) in [6.45, 7) is 2.60. The van der Waals surface area contributed by atoms with Gasteiger partial charge in [0.05, 0.1) is 24.2 Å². The van der Waals surface area contributed by atoms with Crippen molar-refractivity contribution in [2.24, 2.45) is 0 Å². The van der Waals surface area contributed by atoms with Crippen LogP contribution in [-0.2, 0) is 17.9 Å². The van der Waals surface area contributed by atoms with Crippen molar-refractivity contribution in [3.63, 3.8) is 0 Å². The van der Waals surface area contributed by atoms with E-state index in [1.165, 1.54) is 4.68 Å². The third-order valence-corrected chi connectivity index (χ3v) is 3.93. The minimum absolute atomic E-state index is 0.0154. The van der Waals surface area contributed by atoms with Crippen LogP contribution in [0.15, 0.2) is 53.6 Å². The molecule has 0 aliphatic carbocycles. The molecule has 25 heavy (non-hydrogen) atoms. The molecule has 3 rings (SSSR count). The lowest BCUT2D eigenvalue weighted by molar-refractivity contribution is -0.121. The minimum Gasteiger partial charge on any atom is -0.350 e. The van der Waals surface area contributed by atoms with Crippen LogP contribution in [-0.4, -0.2) is 20.7 Å². The maximum Gasteiger partial charge on any atom is 0.274 e. The van der Waals surface area contributed by atoms with E-state index in [1.807, 2.05) is 37.3 Å². The molecule has 0 unspecified atom stereocenters. The van der Waals surface area contributed by atoms with Crippen LogP contribution in [0.3, 0.4) is 0 Å². The van der Waals surface area contributed by atoms with Crippen LogP contribution in [0.5, 0.6) is 0 Å². The van der Waals surface area contributed by atoms with E-state index >= 15 is 0 Å². The summed E-state index contributed by atoms with van der Waals surface area (Å²) >= 11 is 0. The van der Waals surface area contributed by atoms with Crippen LogP contribution in [0.1, 0.15) is 31.0 Å². The van der Waals surface area contributed by atoms with Gasteiger partial charge in [-0.05, 0) is 24.1 Å². The normalized spacial score (nSPS) is 10.8. The average Bonchev–Trinajstić information content (AvgIpc) is 2.64. The van der Waals surface area contributed by atoms with E-state index in [9.17, 15) is 9.59 Å². The third kappa shape index (κ3) is 3.91. The second kappa shape index (κ2) is 7.70. The van der Waals surface area contributed by atoms with Crippen molar-refractivity contribution in [1.29, 1.82) is 0 Å². The number of amides is 1. The first-order valence-electron chi connectivity index (χ1n) is 8.33. The monoisotopic (exact) mass is 336 g/mol. The van der Waals surface area contributed by atoms with E-state index in [2.05, 4.69) is 15.4 Å². The van der Waals surface area contributed by atoms with Gasteiger partial charge in [0.25, 0.3) is 5.56 Å². The largest absolute Gasteiger partial charge is 0.350 e. The molecule has 0 aliphatic heterocycles. The lowest BCUT2D eigenvalue weighted by Crippen LogP contribution is -2.28. The zero-order valence-corrected chi connectivity index (χ0v) is 14.1. The van der Waals surface area contributed by atoms with Gasteiger partial charge in [0.2, 0.25) is 5.91 Å². The molecule has 2 heterocycles. The van der Waals surface area contributed by atoms with Gasteiger partial charge in [-0.25, -0.2) is 4.68 Å². The molecule has 0 saturated heterocycles. The summed E-state index contributed by atoms with van der Waals surface area (Å²) in [6, 6.07) is 11.1. The van der Waals surface area contributed by atoms with Crippen molar-refractivity contribution in [1.82, 2.24) is 20.1 Å². The van der Waals surface area contributed by atoms with Gasteiger partial charge in [0, 0.05) is 24.2 Å². The summed E-state index contributed by atoms with van der Waals surface area (Å²) in [6.07, 6.45) is 4.68. The number of fused-ring (bicyclic) bond motifs is 1. The van der Waals surface area contributed by atoms with Crippen molar-refractivity contribution in [3.05, 3.63) is 70.4 Å². The van der Waals surface area contributed by atoms with Gasteiger partial charge >= 0.3 is 0 Å². The number of carbonyl (C=O) groups is 1. The van der Waals surface area contributed by atoms with Crippen LogP contribution in [0.25, 0.3) is 10.8 Å². The molecule has 0 fully saturated rings. The Kier molecular flexibility index (Phi) is 5.18. The molecule has 1 aromatic carbocycles. The SMILES string of the molecule is CCCC(=O)NCc1nn(Cc2cccnc2)c(=O)c2ccccc12. The van der Waals surface area contributed by atoms with Crippen LogP contribution in [0, 0.1) is 0 Å². The molecular formula is C19H20N4O2. The van der Waals surface area contributed by atoms with E-state index in [-0.39, 0.29) is 11.5 Å². The number of hydrogen-bond acceptors (Lipinski definition) is 4. The van der Waals surface area contributed by atoms with E-state index in [1.54, 1.807) is 18.5 Å². The standard InChI is InChI=1S/C19H20N4O2/c1-2-6-18(24)21-12-17-15-8-3-4-9-16(15)19(25)23(22-17)13-14-7-5-10-20-11-14/h3-5,7-11H,2,6,12-13H2,1H3,(H,21,24). The van der Waals surface area contributed by atoms with Gasteiger partial charge in [-0.15, -0.1) is 0 Å². The maximum atomic E-state index is 12.7. The summed E-state index contributed by atoms with van der Waals surface area (Å²) in [5, 5.41) is 8.73. The van der Waals surface area contributed by atoms with Crippen molar-refractivity contribution in [2.45, 2.75) is 32.9 Å². The summed E-state index contributed by atoms with van der Waals surface area (Å²) in [7, 11) is 0. The fourth-order valence-electron chi connectivity index (χ4n) is 2.71. The third-order valence-electron chi connectivity index (χ3n) is 3.93. The predicted octanol–water partition coefficient (Wildman–Crippen LogP) is 2.26. The molecule has 0 bridgehead atoms.